The van der Waals surface area contributed by atoms with Crippen LogP contribution in [0.2, 0.25) is 5.02 Å². The van der Waals surface area contributed by atoms with E-state index in [2.05, 4.69) is 20.8 Å². The van der Waals surface area contributed by atoms with Crippen LogP contribution in [0.5, 0.6) is 11.6 Å². The van der Waals surface area contributed by atoms with Gasteiger partial charge < -0.3 is 20.5 Å². The Morgan fingerprint density at radius 2 is 1.90 bits per heavy atom. The van der Waals surface area contributed by atoms with Crippen molar-refractivity contribution < 1.29 is 14.6 Å². The predicted octanol–water partition coefficient (Wildman–Crippen LogP) is 4.42. The lowest BCUT2D eigenvalue weighted by Crippen LogP contribution is -2.33. The quantitative estimate of drug-likeness (QED) is 0.476. The molecule has 0 amide bonds. The number of thiocarbonyl (C=S) groups is 1. The van der Waals surface area contributed by atoms with Crippen LogP contribution in [-0.4, -0.2) is 26.4 Å². The number of ether oxygens (including phenoxy) is 1. The minimum Gasteiger partial charge on any atom is -0.481 e. The summed E-state index contributed by atoms with van der Waals surface area (Å²) in [4.78, 5) is 11.2. The van der Waals surface area contributed by atoms with Crippen molar-refractivity contribution in [2.75, 3.05) is 5.32 Å². The van der Waals surface area contributed by atoms with Gasteiger partial charge in [-0.3, -0.25) is 4.79 Å². The number of aliphatic carboxylic acids is 1. The first kappa shape index (κ1) is 20.5. The molecule has 2 aromatic carbocycles. The highest BCUT2D eigenvalue weighted by atomic mass is 35.5. The summed E-state index contributed by atoms with van der Waals surface area (Å²) in [5.74, 6) is 0.414. The van der Waals surface area contributed by atoms with Gasteiger partial charge in [0.2, 0.25) is 5.88 Å². The smallest absolute Gasteiger partial charge is 0.305 e. The van der Waals surface area contributed by atoms with Crippen LogP contribution in [-0.2, 0) is 4.79 Å². The summed E-state index contributed by atoms with van der Waals surface area (Å²) >= 11 is 11.3. The molecule has 1 unspecified atom stereocenters. The molecule has 0 bridgehead atoms. The summed E-state index contributed by atoms with van der Waals surface area (Å²) in [6.07, 6.45) is -0.169. The monoisotopic (exact) mass is 428 g/mol. The maximum Gasteiger partial charge on any atom is 0.305 e. The second-order valence-electron chi connectivity index (χ2n) is 5.98. The maximum absolute atomic E-state index is 11.2. The third-order valence-electron chi connectivity index (χ3n) is 3.78. The van der Waals surface area contributed by atoms with Crippen molar-refractivity contribution in [1.82, 2.24) is 15.5 Å². The summed E-state index contributed by atoms with van der Waals surface area (Å²) in [5, 5.41) is 23.8. The summed E-state index contributed by atoms with van der Waals surface area (Å²) in [6, 6.07) is 18.9. The first-order valence-electron chi connectivity index (χ1n) is 8.61. The predicted molar refractivity (Wildman–Crippen MR) is 114 cm³/mol. The first-order chi connectivity index (χ1) is 14.0. The number of nitrogens with one attached hydrogen (secondary N) is 2. The minimum absolute atomic E-state index is 0.169. The molecule has 0 spiro atoms. The van der Waals surface area contributed by atoms with Gasteiger partial charge >= 0.3 is 5.97 Å². The number of para-hydroxylation sites is 1. The Bertz CT molecular complexity index is 987. The van der Waals surface area contributed by atoms with Gasteiger partial charge in [-0.2, -0.15) is 0 Å². The molecule has 0 saturated carbocycles. The molecule has 0 aliphatic rings. The average molecular weight is 429 g/mol. The van der Waals surface area contributed by atoms with Crippen LogP contribution in [0.1, 0.15) is 18.0 Å². The summed E-state index contributed by atoms with van der Waals surface area (Å²) < 4.78 is 5.59. The molecule has 148 valence electrons. The van der Waals surface area contributed by atoms with Gasteiger partial charge in [-0.05, 0) is 48.1 Å². The van der Waals surface area contributed by atoms with Crippen LogP contribution < -0.4 is 15.4 Å². The Hall–Kier alpha value is -3.23. The van der Waals surface area contributed by atoms with Gasteiger partial charge in [-0.15, -0.1) is 10.2 Å². The molecular formula is C20H17ClN4O3S. The van der Waals surface area contributed by atoms with Crippen molar-refractivity contribution in [1.29, 1.82) is 0 Å². The number of carboxylic acid groups (broad SMARTS) is 1. The van der Waals surface area contributed by atoms with Gasteiger partial charge in [0.25, 0.3) is 0 Å². The van der Waals surface area contributed by atoms with Gasteiger partial charge in [0.1, 0.15) is 5.75 Å². The lowest BCUT2D eigenvalue weighted by atomic mass is 10.0. The Labute approximate surface area is 177 Å². The molecule has 1 atom stereocenters. The van der Waals surface area contributed by atoms with Gasteiger partial charge in [0.05, 0.1) is 12.5 Å². The molecular weight excluding hydrogens is 412 g/mol. The van der Waals surface area contributed by atoms with E-state index in [1.807, 2.05) is 30.3 Å². The normalized spacial score (nSPS) is 11.3. The molecule has 0 aliphatic heterocycles. The maximum atomic E-state index is 11.2. The summed E-state index contributed by atoms with van der Waals surface area (Å²) in [6.45, 7) is 0. The fraction of sp³-hybridized carbons (Fsp3) is 0.100. The van der Waals surface area contributed by atoms with Crippen molar-refractivity contribution in [3.8, 4) is 11.6 Å². The molecule has 3 N–H and O–H groups in total. The van der Waals surface area contributed by atoms with Crippen molar-refractivity contribution >= 4 is 40.7 Å². The molecule has 1 aromatic heterocycles. The lowest BCUT2D eigenvalue weighted by Gasteiger charge is -2.19. The van der Waals surface area contributed by atoms with Gasteiger partial charge in [0, 0.05) is 11.1 Å². The molecule has 0 saturated heterocycles. The Morgan fingerprint density at radius 3 is 2.55 bits per heavy atom. The Balaban J connectivity index is 1.63. The number of rotatable bonds is 7. The van der Waals surface area contributed by atoms with Crippen molar-refractivity contribution in [3.05, 3.63) is 77.3 Å². The number of nitrogens with zero attached hydrogens (tertiary/aromatic N) is 2. The highest BCUT2D eigenvalue weighted by molar-refractivity contribution is 7.80. The third kappa shape index (κ3) is 6.41. The van der Waals surface area contributed by atoms with Gasteiger partial charge in [-0.25, -0.2) is 0 Å². The third-order valence-corrected chi connectivity index (χ3v) is 4.24. The van der Waals surface area contributed by atoms with E-state index in [1.54, 1.807) is 36.4 Å². The van der Waals surface area contributed by atoms with E-state index in [4.69, 9.17) is 28.6 Å². The number of benzene rings is 2. The first-order valence-corrected chi connectivity index (χ1v) is 9.39. The van der Waals surface area contributed by atoms with E-state index < -0.39 is 12.0 Å². The largest absolute Gasteiger partial charge is 0.481 e. The average Bonchev–Trinajstić information content (AvgIpc) is 2.69. The summed E-state index contributed by atoms with van der Waals surface area (Å²) in [7, 11) is 0. The van der Waals surface area contributed by atoms with Crippen molar-refractivity contribution in [2.45, 2.75) is 12.5 Å². The molecule has 3 rings (SSSR count). The molecule has 29 heavy (non-hydrogen) atoms. The van der Waals surface area contributed by atoms with Crippen LogP contribution in [0.15, 0.2) is 66.7 Å². The fourth-order valence-electron chi connectivity index (χ4n) is 2.51. The van der Waals surface area contributed by atoms with E-state index in [-0.39, 0.29) is 11.5 Å². The van der Waals surface area contributed by atoms with Crippen molar-refractivity contribution in [2.24, 2.45) is 0 Å². The Kier molecular flexibility index (Phi) is 6.94. The highest BCUT2D eigenvalue weighted by Crippen LogP contribution is 2.21. The van der Waals surface area contributed by atoms with Crippen LogP contribution in [0.3, 0.4) is 0 Å². The van der Waals surface area contributed by atoms with Gasteiger partial charge in [-0.1, -0.05) is 41.9 Å². The zero-order valence-corrected chi connectivity index (χ0v) is 16.7. The van der Waals surface area contributed by atoms with E-state index in [1.165, 1.54) is 0 Å². The molecule has 0 radical (unpaired) electrons. The van der Waals surface area contributed by atoms with E-state index in [0.29, 0.717) is 28.0 Å². The number of halogens is 1. The Morgan fingerprint density at radius 1 is 1.10 bits per heavy atom. The topological polar surface area (TPSA) is 96.4 Å². The lowest BCUT2D eigenvalue weighted by molar-refractivity contribution is -0.137. The fourth-order valence-corrected chi connectivity index (χ4v) is 2.96. The summed E-state index contributed by atoms with van der Waals surface area (Å²) in [5.41, 5.74) is 0.710. The van der Waals surface area contributed by atoms with Crippen LogP contribution in [0.25, 0.3) is 0 Å². The molecule has 0 fully saturated rings. The number of hydrogen-bond donors (Lipinski definition) is 3. The number of carbonyl (C=O) groups is 1. The van der Waals surface area contributed by atoms with Crippen LogP contribution in [0, 0.1) is 0 Å². The van der Waals surface area contributed by atoms with Gasteiger partial charge in [0.15, 0.2) is 10.9 Å². The van der Waals surface area contributed by atoms with E-state index >= 15 is 0 Å². The SMILES string of the molecule is O=C(O)CC(NC(=S)Nc1ccc(Oc2ccccc2)nn1)c1cccc(Cl)c1. The molecule has 7 nitrogen and oxygen atoms in total. The number of hydrogen-bond acceptors (Lipinski definition) is 5. The molecule has 1 heterocycles. The highest BCUT2D eigenvalue weighted by Gasteiger charge is 2.17. The zero-order valence-electron chi connectivity index (χ0n) is 15.1. The second kappa shape index (κ2) is 9.81. The number of carboxylic acids is 1. The standard InChI is InChI=1S/C20H17ClN4O3S/c21-14-6-4-5-13(11-14)16(12-19(26)27)22-20(29)23-17-9-10-18(25-24-17)28-15-7-2-1-3-8-15/h1-11,16H,12H2,(H,26,27)(H2,22,23,24,29). The second-order valence-corrected chi connectivity index (χ2v) is 6.82. The van der Waals surface area contributed by atoms with E-state index in [9.17, 15) is 9.90 Å². The number of anilines is 1. The zero-order chi connectivity index (χ0) is 20.6. The number of aromatic nitrogens is 2. The van der Waals surface area contributed by atoms with Crippen molar-refractivity contribution in [3.63, 3.8) is 0 Å². The molecule has 0 aliphatic carbocycles. The molecule has 9 heteroatoms. The van der Waals surface area contributed by atoms with Crippen LogP contribution >= 0.6 is 23.8 Å². The minimum atomic E-state index is -0.965. The van der Waals surface area contributed by atoms with E-state index in [0.717, 1.165) is 0 Å². The molecule has 3 aromatic rings. The van der Waals surface area contributed by atoms with Crippen LogP contribution in [0.4, 0.5) is 5.82 Å².